The van der Waals surface area contributed by atoms with Crippen LogP contribution in [0.5, 0.6) is 5.75 Å². The Bertz CT molecular complexity index is 713. The molecule has 2 heterocycles. The van der Waals surface area contributed by atoms with Crippen LogP contribution in [0.2, 0.25) is 0 Å². The largest absolute Gasteiger partial charge is 0.497 e. The standard InChI is InChI=1S/C20H27N3O4/c1-26-17-4-2-3-16(11-17)21-19(25)22-9-7-18(24)23(12-15-5-6-15)20(13-22)8-10-27-14-20/h2-4,11,15H,5-10,12-14H2,1H3,(H,21,25). The van der Waals surface area contributed by atoms with Gasteiger partial charge in [0.1, 0.15) is 5.75 Å². The third-order valence-corrected chi connectivity index (χ3v) is 5.78. The Morgan fingerprint density at radius 1 is 1.41 bits per heavy atom. The fourth-order valence-electron chi connectivity index (χ4n) is 4.01. The summed E-state index contributed by atoms with van der Waals surface area (Å²) in [5.41, 5.74) is 0.295. The minimum Gasteiger partial charge on any atom is -0.497 e. The second kappa shape index (κ2) is 7.38. The van der Waals surface area contributed by atoms with Crippen molar-refractivity contribution in [1.82, 2.24) is 9.80 Å². The van der Waals surface area contributed by atoms with Crippen LogP contribution in [0, 0.1) is 5.92 Å². The molecule has 4 rings (SSSR count). The normalized spacial score (nSPS) is 25.6. The highest BCUT2D eigenvalue weighted by atomic mass is 16.5. The number of anilines is 1. The van der Waals surface area contributed by atoms with Crippen LogP contribution in [0.15, 0.2) is 24.3 Å². The summed E-state index contributed by atoms with van der Waals surface area (Å²) in [6.07, 6.45) is 3.54. The van der Waals surface area contributed by atoms with Gasteiger partial charge in [0.25, 0.3) is 0 Å². The van der Waals surface area contributed by atoms with Gasteiger partial charge in [0, 0.05) is 44.4 Å². The fourth-order valence-corrected chi connectivity index (χ4v) is 4.01. The Morgan fingerprint density at radius 3 is 2.96 bits per heavy atom. The van der Waals surface area contributed by atoms with E-state index in [4.69, 9.17) is 9.47 Å². The molecule has 7 heteroatoms. The van der Waals surface area contributed by atoms with Crippen molar-refractivity contribution < 1.29 is 19.1 Å². The van der Waals surface area contributed by atoms with Crippen LogP contribution < -0.4 is 10.1 Å². The number of hydrogen-bond acceptors (Lipinski definition) is 4. The maximum Gasteiger partial charge on any atom is 0.321 e. The molecular weight excluding hydrogens is 346 g/mol. The summed E-state index contributed by atoms with van der Waals surface area (Å²) in [6, 6.07) is 7.10. The fraction of sp³-hybridized carbons (Fsp3) is 0.600. The number of rotatable bonds is 4. The van der Waals surface area contributed by atoms with E-state index >= 15 is 0 Å². The Morgan fingerprint density at radius 2 is 2.26 bits per heavy atom. The number of amides is 3. The van der Waals surface area contributed by atoms with Gasteiger partial charge >= 0.3 is 6.03 Å². The molecule has 2 saturated heterocycles. The predicted molar refractivity (Wildman–Crippen MR) is 101 cm³/mol. The van der Waals surface area contributed by atoms with Crippen LogP contribution >= 0.6 is 0 Å². The van der Waals surface area contributed by atoms with Crippen molar-refractivity contribution in [3.05, 3.63) is 24.3 Å². The summed E-state index contributed by atoms with van der Waals surface area (Å²) in [5.74, 6) is 1.45. The second-order valence-corrected chi connectivity index (χ2v) is 7.81. The topological polar surface area (TPSA) is 71.1 Å². The molecule has 0 bridgehead atoms. The number of carbonyl (C=O) groups excluding carboxylic acids is 2. The van der Waals surface area contributed by atoms with E-state index in [1.807, 2.05) is 23.1 Å². The number of benzene rings is 1. The lowest BCUT2D eigenvalue weighted by molar-refractivity contribution is -0.136. The van der Waals surface area contributed by atoms with Crippen LogP contribution in [-0.4, -0.2) is 67.2 Å². The first-order chi connectivity index (χ1) is 13.1. The molecule has 1 aromatic rings. The number of hydrogen-bond donors (Lipinski definition) is 1. The maximum absolute atomic E-state index is 12.9. The van der Waals surface area contributed by atoms with Crippen molar-refractivity contribution in [2.75, 3.05) is 45.3 Å². The smallest absolute Gasteiger partial charge is 0.321 e. The second-order valence-electron chi connectivity index (χ2n) is 7.81. The first-order valence-electron chi connectivity index (χ1n) is 9.68. The van der Waals surface area contributed by atoms with Crippen molar-refractivity contribution in [3.63, 3.8) is 0 Å². The molecule has 1 atom stereocenters. The quantitative estimate of drug-likeness (QED) is 0.879. The molecule has 7 nitrogen and oxygen atoms in total. The van der Waals surface area contributed by atoms with Gasteiger partial charge in [-0.3, -0.25) is 4.79 Å². The number of carbonyl (C=O) groups is 2. The predicted octanol–water partition coefficient (Wildman–Crippen LogP) is 2.33. The summed E-state index contributed by atoms with van der Waals surface area (Å²) in [6.45, 7) is 2.89. The number of ether oxygens (including phenoxy) is 2. The van der Waals surface area contributed by atoms with Crippen LogP contribution in [0.1, 0.15) is 25.7 Å². The van der Waals surface area contributed by atoms with Gasteiger partial charge in [-0.2, -0.15) is 0 Å². The van der Waals surface area contributed by atoms with Crippen LogP contribution in [0.4, 0.5) is 10.5 Å². The molecule has 1 saturated carbocycles. The van der Waals surface area contributed by atoms with E-state index in [9.17, 15) is 9.59 Å². The number of nitrogens with zero attached hydrogens (tertiary/aromatic N) is 2. The summed E-state index contributed by atoms with van der Waals surface area (Å²) in [5, 5.41) is 2.94. The van der Waals surface area contributed by atoms with E-state index in [1.165, 1.54) is 12.8 Å². The highest BCUT2D eigenvalue weighted by Crippen LogP contribution is 2.37. The van der Waals surface area contributed by atoms with E-state index in [-0.39, 0.29) is 17.5 Å². The number of urea groups is 1. The Hall–Kier alpha value is -2.28. The maximum atomic E-state index is 12.9. The third kappa shape index (κ3) is 3.88. The third-order valence-electron chi connectivity index (χ3n) is 5.78. The lowest BCUT2D eigenvalue weighted by Gasteiger charge is -2.40. The minimum absolute atomic E-state index is 0.143. The first kappa shape index (κ1) is 18.1. The van der Waals surface area contributed by atoms with Crippen LogP contribution in [0.3, 0.4) is 0 Å². The van der Waals surface area contributed by atoms with Crippen molar-refractivity contribution in [3.8, 4) is 5.75 Å². The summed E-state index contributed by atoms with van der Waals surface area (Å²) in [7, 11) is 1.60. The van der Waals surface area contributed by atoms with Gasteiger partial charge in [0.05, 0.1) is 19.3 Å². The lowest BCUT2D eigenvalue weighted by atomic mass is 9.95. The van der Waals surface area contributed by atoms with Crippen molar-refractivity contribution in [2.24, 2.45) is 5.92 Å². The molecule has 146 valence electrons. The summed E-state index contributed by atoms with van der Waals surface area (Å²) >= 11 is 0. The van der Waals surface area contributed by atoms with E-state index in [2.05, 4.69) is 5.32 Å². The van der Waals surface area contributed by atoms with E-state index in [0.29, 0.717) is 50.1 Å². The Balaban J connectivity index is 1.51. The van der Waals surface area contributed by atoms with Crippen molar-refractivity contribution in [1.29, 1.82) is 0 Å². The van der Waals surface area contributed by atoms with Crippen molar-refractivity contribution in [2.45, 2.75) is 31.2 Å². The van der Waals surface area contributed by atoms with Crippen molar-refractivity contribution >= 4 is 17.6 Å². The molecule has 3 amide bonds. The number of methoxy groups -OCH3 is 1. The average Bonchev–Trinajstić information content (AvgIpc) is 3.40. The molecule has 0 aromatic heterocycles. The first-order valence-corrected chi connectivity index (χ1v) is 9.68. The molecular formula is C20H27N3O4. The highest BCUT2D eigenvalue weighted by molar-refractivity contribution is 5.90. The zero-order chi connectivity index (χ0) is 18.9. The molecule has 1 spiro atoms. The van der Waals surface area contributed by atoms with Crippen LogP contribution in [0.25, 0.3) is 0 Å². The molecule has 1 aliphatic carbocycles. The van der Waals surface area contributed by atoms with E-state index < -0.39 is 0 Å². The van der Waals surface area contributed by atoms with E-state index in [1.54, 1.807) is 18.1 Å². The molecule has 27 heavy (non-hydrogen) atoms. The molecule has 3 fully saturated rings. The zero-order valence-corrected chi connectivity index (χ0v) is 15.8. The molecule has 1 aromatic carbocycles. The molecule has 3 aliphatic rings. The van der Waals surface area contributed by atoms with Gasteiger partial charge in [0.2, 0.25) is 5.91 Å². The van der Waals surface area contributed by atoms with Gasteiger partial charge in [-0.25, -0.2) is 4.79 Å². The molecule has 2 aliphatic heterocycles. The van der Waals surface area contributed by atoms with E-state index in [0.717, 1.165) is 13.0 Å². The monoisotopic (exact) mass is 373 g/mol. The minimum atomic E-state index is -0.387. The average molecular weight is 373 g/mol. The summed E-state index contributed by atoms with van der Waals surface area (Å²) < 4.78 is 10.9. The zero-order valence-electron chi connectivity index (χ0n) is 15.8. The SMILES string of the molecule is COc1cccc(NC(=O)N2CCC(=O)N(CC3CC3)C3(CCOC3)C2)c1. The van der Waals surface area contributed by atoms with Gasteiger partial charge in [-0.15, -0.1) is 0 Å². The van der Waals surface area contributed by atoms with Gasteiger partial charge in [0.15, 0.2) is 0 Å². The van der Waals surface area contributed by atoms with Gasteiger partial charge in [-0.05, 0) is 37.3 Å². The molecule has 1 N–H and O–H groups in total. The lowest BCUT2D eigenvalue weighted by Crippen LogP contribution is -2.57. The van der Waals surface area contributed by atoms with Crippen LogP contribution in [-0.2, 0) is 9.53 Å². The van der Waals surface area contributed by atoms with Gasteiger partial charge < -0.3 is 24.6 Å². The number of nitrogens with one attached hydrogen (secondary N) is 1. The molecule has 0 radical (unpaired) electrons. The Labute approximate surface area is 159 Å². The Kier molecular flexibility index (Phi) is 4.95. The molecule has 1 unspecified atom stereocenters. The highest BCUT2D eigenvalue weighted by Gasteiger charge is 2.48. The van der Waals surface area contributed by atoms with Gasteiger partial charge in [-0.1, -0.05) is 6.07 Å². The summed E-state index contributed by atoms with van der Waals surface area (Å²) in [4.78, 5) is 29.5.